The highest BCUT2D eigenvalue weighted by atomic mass is 32.2. The van der Waals surface area contributed by atoms with Crippen LogP contribution in [-0.2, 0) is 15.6 Å². The Kier molecular flexibility index (Phi) is 6.64. The summed E-state index contributed by atoms with van der Waals surface area (Å²) in [7, 11) is -0.868. The first kappa shape index (κ1) is 16.3. The molecule has 8 heteroatoms. The molecule has 0 aliphatic carbocycles. The Labute approximate surface area is 119 Å². The molecule has 2 amide bonds. The molecule has 3 atom stereocenters. The van der Waals surface area contributed by atoms with Gasteiger partial charge in [-0.2, -0.15) is 0 Å². The Morgan fingerprint density at radius 2 is 2.21 bits per heavy atom. The molecule has 1 saturated heterocycles. The minimum absolute atomic E-state index is 0.0820. The van der Waals surface area contributed by atoms with E-state index in [1.54, 1.807) is 6.26 Å². The molecule has 3 unspecified atom stereocenters. The van der Waals surface area contributed by atoms with Gasteiger partial charge >= 0.3 is 12.0 Å². The van der Waals surface area contributed by atoms with Crippen molar-refractivity contribution in [1.29, 1.82) is 0 Å². The van der Waals surface area contributed by atoms with Gasteiger partial charge in [0.1, 0.15) is 6.04 Å². The van der Waals surface area contributed by atoms with Crippen LogP contribution in [0.4, 0.5) is 4.79 Å². The lowest BCUT2D eigenvalue weighted by molar-refractivity contribution is -0.141. The zero-order valence-electron chi connectivity index (χ0n) is 11.1. The minimum atomic E-state index is -0.965. The summed E-state index contributed by atoms with van der Waals surface area (Å²) in [4.78, 5) is 24.6. The Bertz CT molecular complexity index is 365. The van der Waals surface area contributed by atoms with Gasteiger partial charge in [0.05, 0.1) is 5.37 Å². The lowest BCUT2D eigenvalue weighted by atomic mass is 10.3. The Morgan fingerprint density at radius 1 is 1.53 bits per heavy atom. The minimum Gasteiger partial charge on any atom is -0.480 e. The molecular formula is C11H20N2O4S2. The first-order chi connectivity index (χ1) is 8.97. The van der Waals surface area contributed by atoms with Crippen molar-refractivity contribution in [3.05, 3.63) is 0 Å². The molecule has 0 aromatic carbocycles. The second-order valence-electron chi connectivity index (χ2n) is 4.32. The van der Waals surface area contributed by atoms with E-state index >= 15 is 0 Å². The molecule has 0 aromatic rings. The molecule has 6 nitrogen and oxygen atoms in total. The highest BCUT2D eigenvalue weighted by molar-refractivity contribution is 8.00. The lowest BCUT2D eigenvalue weighted by Gasteiger charge is -2.26. The summed E-state index contributed by atoms with van der Waals surface area (Å²) in [5.41, 5.74) is 0. The van der Waals surface area contributed by atoms with Gasteiger partial charge < -0.3 is 10.4 Å². The predicted octanol–water partition coefficient (Wildman–Crippen LogP) is 0.703. The number of carbonyl (C=O) groups is 2. The van der Waals surface area contributed by atoms with Crippen LogP contribution < -0.4 is 5.32 Å². The summed E-state index contributed by atoms with van der Waals surface area (Å²) in [6.07, 6.45) is 2.97. The zero-order chi connectivity index (χ0) is 14.4. The third kappa shape index (κ3) is 4.68. The SMILES string of the molecule is CCC1SCC(C(=O)O)N1C(=O)NCCCS(C)=O. The Morgan fingerprint density at radius 3 is 2.74 bits per heavy atom. The van der Waals surface area contributed by atoms with Crippen LogP contribution in [0.5, 0.6) is 0 Å². The van der Waals surface area contributed by atoms with Gasteiger partial charge in [-0.05, 0) is 12.8 Å². The number of nitrogens with zero attached hydrogens (tertiary/aromatic N) is 1. The van der Waals surface area contributed by atoms with Crippen molar-refractivity contribution in [2.75, 3.05) is 24.3 Å². The molecular weight excluding hydrogens is 288 g/mol. The van der Waals surface area contributed by atoms with Crippen LogP contribution >= 0.6 is 11.8 Å². The second-order valence-corrected chi connectivity index (χ2v) is 7.09. The molecule has 0 spiro atoms. The number of hydrogen-bond acceptors (Lipinski definition) is 4. The fourth-order valence-electron chi connectivity index (χ4n) is 1.90. The van der Waals surface area contributed by atoms with Crippen LogP contribution in [0.2, 0.25) is 0 Å². The van der Waals surface area contributed by atoms with E-state index in [2.05, 4.69) is 5.32 Å². The Balaban J connectivity index is 2.51. The van der Waals surface area contributed by atoms with Gasteiger partial charge in [0.15, 0.2) is 0 Å². The molecule has 19 heavy (non-hydrogen) atoms. The van der Waals surface area contributed by atoms with E-state index in [1.807, 2.05) is 6.92 Å². The van der Waals surface area contributed by atoms with Crippen molar-refractivity contribution in [1.82, 2.24) is 10.2 Å². The molecule has 0 saturated carbocycles. The zero-order valence-corrected chi connectivity index (χ0v) is 12.8. The quantitative estimate of drug-likeness (QED) is 0.706. The standard InChI is InChI=1S/C11H20N2O4S2/c1-3-9-13(8(7-18-9)10(14)15)11(16)12-5-4-6-19(2)17/h8-9H,3-7H2,1-2H3,(H,12,16)(H,14,15). The smallest absolute Gasteiger partial charge is 0.327 e. The third-order valence-corrected chi connectivity index (χ3v) is 5.16. The van der Waals surface area contributed by atoms with E-state index < -0.39 is 22.8 Å². The number of amides is 2. The van der Waals surface area contributed by atoms with Gasteiger partial charge in [0, 0.05) is 35.1 Å². The van der Waals surface area contributed by atoms with Crippen LogP contribution in [0.15, 0.2) is 0 Å². The number of aliphatic carboxylic acids is 1. The van der Waals surface area contributed by atoms with Crippen molar-refractivity contribution < 1.29 is 18.9 Å². The molecule has 1 heterocycles. The second kappa shape index (κ2) is 7.74. The number of thioether (sulfide) groups is 1. The number of urea groups is 1. The maximum absolute atomic E-state index is 12.0. The molecule has 1 fully saturated rings. The van der Waals surface area contributed by atoms with Crippen molar-refractivity contribution in [3.8, 4) is 0 Å². The van der Waals surface area contributed by atoms with Crippen LogP contribution in [-0.4, -0.2) is 61.9 Å². The maximum Gasteiger partial charge on any atom is 0.327 e. The molecule has 2 N–H and O–H groups in total. The number of carbonyl (C=O) groups excluding carboxylic acids is 1. The van der Waals surface area contributed by atoms with Crippen molar-refractivity contribution >= 4 is 34.6 Å². The summed E-state index contributed by atoms with van der Waals surface area (Å²) >= 11 is 1.49. The first-order valence-corrected chi connectivity index (χ1v) is 8.95. The summed E-state index contributed by atoms with van der Waals surface area (Å²) in [6, 6.07) is -1.10. The molecule has 0 radical (unpaired) electrons. The number of rotatable bonds is 6. The number of hydrogen-bond donors (Lipinski definition) is 2. The van der Waals surface area contributed by atoms with E-state index in [4.69, 9.17) is 5.11 Å². The molecule has 110 valence electrons. The summed E-state index contributed by atoms with van der Waals surface area (Å²) in [5, 5.41) is 11.7. The first-order valence-electron chi connectivity index (χ1n) is 6.18. The van der Waals surface area contributed by atoms with Crippen LogP contribution in [0.1, 0.15) is 19.8 Å². The van der Waals surface area contributed by atoms with Gasteiger partial charge in [-0.25, -0.2) is 9.59 Å². The van der Waals surface area contributed by atoms with E-state index in [0.717, 1.165) is 6.42 Å². The fraction of sp³-hybridized carbons (Fsp3) is 0.818. The number of carboxylic acids is 1. The van der Waals surface area contributed by atoms with E-state index in [1.165, 1.54) is 16.7 Å². The van der Waals surface area contributed by atoms with E-state index in [0.29, 0.717) is 24.5 Å². The largest absolute Gasteiger partial charge is 0.480 e. The van der Waals surface area contributed by atoms with Gasteiger partial charge in [0.2, 0.25) is 0 Å². The summed E-state index contributed by atoms with van der Waals surface area (Å²) < 4.78 is 10.9. The fourth-order valence-corrected chi connectivity index (χ4v) is 3.80. The van der Waals surface area contributed by atoms with Crippen LogP contribution in [0, 0.1) is 0 Å². The summed E-state index contributed by atoms with van der Waals surface area (Å²) in [5.74, 6) is 0.00252. The van der Waals surface area contributed by atoms with Crippen molar-refractivity contribution in [2.45, 2.75) is 31.2 Å². The Hall–Kier alpha value is -0.760. The average molecular weight is 308 g/mol. The molecule has 1 rings (SSSR count). The highest BCUT2D eigenvalue weighted by Gasteiger charge is 2.40. The number of nitrogens with one attached hydrogen (secondary N) is 1. The molecule has 1 aliphatic heterocycles. The van der Waals surface area contributed by atoms with Crippen LogP contribution in [0.3, 0.4) is 0 Å². The van der Waals surface area contributed by atoms with Gasteiger partial charge in [-0.1, -0.05) is 6.92 Å². The highest BCUT2D eigenvalue weighted by Crippen LogP contribution is 2.31. The lowest BCUT2D eigenvalue weighted by Crippen LogP contribution is -2.50. The van der Waals surface area contributed by atoms with Crippen molar-refractivity contribution in [3.63, 3.8) is 0 Å². The normalized spacial score (nSPS) is 24.2. The van der Waals surface area contributed by atoms with Gasteiger partial charge in [-0.15, -0.1) is 11.8 Å². The van der Waals surface area contributed by atoms with E-state index in [-0.39, 0.29) is 11.4 Å². The third-order valence-electron chi connectivity index (χ3n) is 2.85. The summed E-state index contributed by atoms with van der Waals surface area (Å²) in [6.45, 7) is 2.35. The van der Waals surface area contributed by atoms with Gasteiger partial charge in [-0.3, -0.25) is 9.11 Å². The molecule has 0 bridgehead atoms. The topological polar surface area (TPSA) is 86.7 Å². The van der Waals surface area contributed by atoms with Crippen LogP contribution in [0.25, 0.3) is 0 Å². The molecule has 1 aliphatic rings. The number of carboxylic acid groups (broad SMARTS) is 1. The predicted molar refractivity (Wildman–Crippen MR) is 76.7 cm³/mol. The maximum atomic E-state index is 12.0. The monoisotopic (exact) mass is 308 g/mol. The van der Waals surface area contributed by atoms with E-state index in [9.17, 15) is 13.8 Å². The molecule has 0 aromatic heterocycles. The average Bonchev–Trinajstić information content (AvgIpc) is 2.77. The van der Waals surface area contributed by atoms with Crippen molar-refractivity contribution in [2.24, 2.45) is 0 Å². The van der Waals surface area contributed by atoms with Gasteiger partial charge in [0.25, 0.3) is 0 Å².